The first-order valence-corrected chi connectivity index (χ1v) is 5.72. The maximum Gasteiger partial charge on any atom is 0.306 e. The van der Waals surface area contributed by atoms with E-state index in [4.69, 9.17) is 19.3 Å². The molecular weight excluding hydrogens is 228 g/mol. The summed E-state index contributed by atoms with van der Waals surface area (Å²) in [7, 11) is 0. The van der Waals surface area contributed by atoms with Gasteiger partial charge in [0, 0.05) is 5.92 Å². The molecule has 0 aromatic rings. The second-order valence-corrected chi connectivity index (χ2v) is 4.50. The molecular formula is C11H16O6. The van der Waals surface area contributed by atoms with Crippen LogP contribution >= 0.6 is 0 Å². The minimum absolute atomic E-state index is 0.00715. The zero-order valence-corrected chi connectivity index (χ0v) is 9.63. The lowest BCUT2D eigenvalue weighted by Gasteiger charge is -2.16. The highest BCUT2D eigenvalue weighted by Crippen LogP contribution is 2.32. The van der Waals surface area contributed by atoms with E-state index >= 15 is 0 Å². The van der Waals surface area contributed by atoms with Crippen molar-refractivity contribution in [1.82, 2.24) is 0 Å². The molecule has 4 atom stereocenters. The molecule has 17 heavy (non-hydrogen) atoms. The van der Waals surface area contributed by atoms with Crippen molar-refractivity contribution in [3.05, 3.63) is 0 Å². The van der Waals surface area contributed by atoms with Crippen molar-refractivity contribution < 1.29 is 28.9 Å². The zero-order valence-electron chi connectivity index (χ0n) is 9.63. The third kappa shape index (κ3) is 2.76. The number of aliphatic carboxylic acids is 1. The van der Waals surface area contributed by atoms with Crippen molar-refractivity contribution >= 4 is 11.9 Å². The maximum atomic E-state index is 11.4. The molecule has 0 aromatic carbocycles. The summed E-state index contributed by atoms with van der Waals surface area (Å²) >= 11 is 0. The molecule has 0 saturated carbocycles. The second-order valence-electron chi connectivity index (χ2n) is 4.50. The van der Waals surface area contributed by atoms with E-state index in [1.807, 2.05) is 6.92 Å². The molecule has 2 rings (SSSR count). The Morgan fingerprint density at radius 2 is 1.94 bits per heavy atom. The molecule has 0 bridgehead atoms. The first-order chi connectivity index (χ1) is 8.08. The van der Waals surface area contributed by atoms with Gasteiger partial charge < -0.3 is 19.3 Å². The zero-order chi connectivity index (χ0) is 12.4. The van der Waals surface area contributed by atoms with Gasteiger partial charge in [-0.2, -0.15) is 0 Å². The molecule has 96 valence electrons. The minimum Gasteiger partial charge on any atom is -0.481 e. The quantitative estimate of drug-likeness (QED) is 0.711. The van der Waals surface area contributed by atoms with Crippen LogP contribution in [0.15, 0.2) is 0 Å². The summed E-state index contributed by atoms with van der Waals surface area (Å²) in [6.07, 6.45) is -0.923. The van der Waals surface area contributed by atoms with E-state index in [-0.39, 0.29) is 25.0 Å². The monoisotopic (exact) mass is 244 g/mol. The Bertz CT molecular complexity index is 315. The topological polar surface area (TPSA) is 82.1 Å². The summed E-state index contributed by atoms with van der Waals surface area (Å²) in [5, 5.41) is 8.45. The second kappa shape index (κ2) is 5.01. The molecule has 2 aliphatic rings. The minimum atomic E-state index is -1.01. The Morgan fingerprint density at radius 1 is 1.24 bits per heavy atom. The molecule has 0 aromatic heterocycles. The summed E-state index contributed by atoms with van der Waals surface area (Å²) < 4.78 is 16.2. The molecule has 2 heterocycles. The first-order valence-electron chi connectivity index (χ1n) is 5.72. The molecule has 0 radical (unpaired) electrons. The molecule has 0 unspecified atom stereocenters. The van der Waals surface area contributed by atoms with Crippen LogP contribution in [0.3, 0.4) is 0 Å². The predicted molar refractivity (Wildman–Crippen MR) is 55.4 cm³/mol. The Morgan fingerprint density at radius 3 is 2.65 bits per heavy atom. The smallest absolute Gasteiger partial charge is 0.306 e. The van der Waals surface area contributed by atoms with Crippen LogP contribution in [-0.2, 0) is 23.8 Å². The van der Waals surface area contributed by atoms with Gasteiger partial charge in [0.05, 0.1) is 32.2 Å². The highest BCUT2D eigenvalue weighted by Gasteiger charge is 2.47. The van der Waals surface area contributed by atoms with Crippen LogP contribution in [0.1, 0.15) is 19.8 Å². The lowest BCUT2D eigenvalue weighted by atomic mass is 10.0. The Labute approximate surface area is 98.8 Å². The van der Waals surface area contributed by atoms with Crippen molar-refractivity contribution in [3.63, 3.8) is 0 Å². The van der Waals surface area contributed by atoms with E-state index < -0.39 is 18.0 Å². The summed E-state index contributed by atoms with van der Waals surface area (Å²) in [5.74, 6) is -1.21. The molecule has 2 fully saturated rings. The van der Waals surface area contributed by atoms with Crippen molar-refractivity contribution in [1.29, 1.82) is 0 Å². The number of hydrogen-bond acceptors (Lipinski definition) is 5. The van der Waals surface area contributed by atoms with Gasteiger partial charge in [-0.05, 0) is 0 Å². The molecule has 2 saturated heterocycles. The largest absolute Gasteiger partial charge is 0.481 e. The van der Waals surface area contributed by atoms with Crippen LogP contribution in [0.2, 0.25) is 0 Å². The molecule has 0 amide bonds. The van der Waals surface area contributed by atoms with Gasteiger partial charge in [-0.15, -0.1) is 0 Å². The fourth-order valence-electron chi connectivity index (χ4n) is 2.19. The summed E-state index contributed by atoms with van der Waals surface area (Å²) in [5.41, 5.74) is 0. The highest BCUT2D eigenvalue weighted by molar-refractivity contribution is 5.76. The van der Waals surface area contributed by atoms with Crippen LogP contribution in [0.25, 0.3) is 0 Å². The fourth-order valence-corrected chi connectivity index (χ4v) is 2.19. The average molecular weight is 244 g/mol. The van der Waals surface area contributed by atoms with Gasteiger partial charge in [-0.1, -0.05) is 6.92 Å². The maximum absolute atomic E-state index is 11.4. The fraction of sp³-hybridized carbons (Fsp3) is 0.818. The number of hydrogen-bond donors (Lipinski definition) is 1. The standard InChI is InChI=1S/C11H16O6/c1-6-4-15-11-7(5-16-10(6)11)17-9(14)3-2-8(12)13/h6-7,10-11H,2-5H2,1H3,(H,12,13)/t6-,7-,10-,11-/m1/s1. The van der Waals surface area contributed by atoms with E-state index in [1.54, 1.807) is 0 Å². The lowest BCUT2D eigenvalue weighted by molar-refractivity contribution is -0.156. The van der Waals surface area contributed by atoms with Crippen LogP contribution in [0.4, 0.5) is 0 Å². The van der Waals surface area contributed by atoms with E-state index in [1.165, 1.54) is 0 Å². The number of ether oxygens (including phenoxy) is 3. The van der Waals surface area contributed by atoms with Crippen LogP contribution < -0.4 is 0 Å². The molecule has 0 spiro atoms. The van der Waals surface area contributed by atoms with Gasteiger partial charge in [0.25, 0.3) is 0 Å². The molecule has 1 N–H and O–H groups in total. The summed E-state index contributed by atoms with van der Waals surface area (Å²) in [6.45, 7) is 2.97. The van der Waals surface area contributed by atoms with E-state index in [0.29, 0.717) is 19.1 Å². The predicted octanol–water partition coefficient (Wildman–Crippen LogP) is 0.197. The van der Waals surface area contributed by atoms with Crippen LogP contribution in [-0.4, -0.2) is 48.6 Å². The van der Waals surface area contributed by atoms with E-state index in [2.05, 4.69) is 0 Å². The number of fused-ring (bicyclic) bond motifs is 1. The van der Waals surface area contributed by atoms with Crippen LogP contribution in [0, 0.1) is 5.92 Å². The number of carboxylic acid groups (broad SMARTS) is 1. The third-order valence-corrected chi connectivity index (χ3v) is 3.08. The van der Waals surface area contributed by atoms with Gasteiger partial charge in [0.2, 0.25) is 0 Å². The molecule has 2 aliphatic heterocycles. The van der Waals surface area contributed by atoms with Gasteiger partial charge in [0.1, 0.15) is 6.10 Å². The highest BCUT2D eigenvalue weighted by atomic mass is 16.6. The number of carboxylic acids is 1. The lowest BCUT2D eigenvalue weighted by Crippen LogP contribution is -2.32. The van der Waals surface area contributed by atoms with Gasteiger partial charge >= 0.3 is 11.9 Å². The van der Waals surface area contributed by atoms with Crippen molar-refractivity contribution in [2.24, 2.45) is 5.92 Å². The van der Waals surface area contributed by atoms with Gasteiger partial charge in [-0.3, -0.25) is 9.59 Å². The summed E-state index contributed by atoms with van der Waals surface area (Å²) in [4.78, 5) is 21.7. The number of carbonyl (C=O) groups is 2. The molecule has 6 heteroatoms. The van der Waals surface area contributed by atoms with Crippen molar-refractivity contribution in [3.8, 4) is 0 Å². The van der Waals surface area contributed by atoms with Crippen LogP contribution in [0.5, 0.6) is 0 Å². The van der Waals surface area contributed by atoms with Crippen molar-refractivity contribution in [2.75, 3.05) is 13.2 Å². The third-order valence-electron chi connectivity index (χ3n) is 3.08. The molecule has 0 aliphatic carbocycles. The number of carbonyl (C=O) groups excluding carboxylic acids is 1. The first kappa shape index (κ1) is 12.3. The van der Waals surface area contributed by atoms with Gasteiger partial charge in [-0.25, -0.2) is 0 Å². The van der Waals surface area contributed by atoms with Crippen molar-refractivity contribution in [2.45, 2.75) is 38.1 Å². The van der Waals surface area contributed by atoms with Gasteiger partial charge in [0.15, 0.2) is 6.10 Å². The Hall–Kier alpha value is -1.14. The SMILES string of the molecule is C[C@@H]1CO[C@H]2[C@@H]1OC[C@H]2OC(=O)CCC(=O)O. The Balaban J connectivity index is 1.80. The summed E-state index contributed by atoms with van der Waals surface area (Å²) in [6, 6.07) is 0. The molecule has 6 nitrogen and oxygen atoms in total. The van der Waals surface area contributed by atoms with E-state index in [9.17, 15) is 9.59 Å². The number of esters is 1. The average Bonchev–Trinajstić information content (AvgIpc) is 2.81. The van der Waals surface area contributed by atoms with E-state index in [0.717, 1.165) is 0 Å². The Kier molecular flexibility index (Phi) is 3.63. The normalized spacial score (nSPS) is 35.6. The number of rotatable bonds is 4.